The Kier molecular flexibility index (Phi) is 10.6. The van der Waals surface area contributed by atoms with E-state index in [1.165, 1.54) is 16.2 Å². The molecule has 3 amide bonds. The van der Waals surface area contributed by atoms with Gasteiger partial charge in [0.2, 0.25) is 17.7 Å². The first-order valence-corrected chi connectivity index (χ1v) is 20.4. The second-order valence-electron chi connectivity index (χ2n) is 15.3. The summed E-state index contributed by atoms with van der Waals surface area (Å²) in [6.45, 7) is 15.5. The number of ether oxygens (including phenoxy) is 1. The number of urea groups is 1. The van der Waals surface area contributed by atoms with Gasteiger partial charge in [0.15, 0.2) is 0 Å². The molecule has 5 aliphatic heterocycles. The van der Waals surface area contributed by atoms with Crippen LogP contribution in [0.15, 0.2) is 54.9 Å². The van der Waals surface area contributed by atoms with Crippen molar-refractivity contribution in [2.75, 3.05) is 122 Å². The van der Waals surface area contributed by atoms with Crippen molar-refractivity contribution < 1.29 is 14.3 Å². The fourth-order valence-corrected chi connectivity index (χ4v) is 8.71. The highest BCUT2D eigenvalue weighted by molar-refractivity contribution is 6.34. The molecule has 3 fully saturated rings. The molecule has 0 saturated carbocycles. The van der Waals surface area contributed by atoms with Crippen LogP contribution in [0.4, 0.5) is 44.9 Å². The minimum absolute atomic E-state index is 0.254. The van der Waals surface area contributed by atoms with E-state index in [2.05, 4.69) is 81.6 Å². The van der Waals surface area contributed by atoms with Crippen molar-refractivity contribution in [1.29, 1.82) is 0 Å². The lowest BCUT2D eigenvalue weighted by Crippen LogP contribution is -2.51. The Balaban J connectivity index is 0.718. The van der Waals surface area contributed by atoms with E-state index in [0.717, 1.165) is 119 Å². The van der Waals surface area contributed by atoms with Gasteiger partial charge in [-0.25, -0.2) is 19.7 Å². The number of anilines is 7. The molecular weight excluding hydrogens is 744 g/mol. The molecule has 5 aliphatic rings. The fraction of sp³-hybridized carbons (Fsp3) is 0.439. The van der Waals surface area contributed by atoms with Crippen LogP contribution in [-0.2, 0) is 17.8 Å². The van der Waals surface area contributed by atoms with Gasteiger partial charge in [-0.3, -0.25) is 24.8 Å². The summed E-state index contributed by atoms with van der Waals surface area (Å²) in [5.41, 5.74) is 9.37. The summed E-state index contributed by atoms with van der Waals surface area (Å²) in [6, 6.07) is 14.0. The Morgan fingerprint density at radius 2 is 1.51 bits per heavy atom. The number of hydrogen-bond donors (Lipinski definition) is 3. The monoisotopic (exact) mass is 792 g/mol. The van der Waals surface area contributed by atoms with Crippen molar-refractivity contribution in [2.45, 2.75) is 26.3 Å². The van der Waals surface area contributed by atoms with Crippen LogP contribution in [0.1, 0.15) is 23.2 Å². The number of carbonyl (C=O) groups is 2. The number of carbonyl (C=O) groups excluding carboxylic acids is 2. The summed E-state index contributed by atoms with van der Waals surface area (Å²) in [5.74, 6) is 1.04. The lowest BCUT2D eigenvalue weighted by molar-refractivity contribution is -0.120. The number of hydrogen-bond acceptors (Lipinski definition) is 13. The van der Waals surface area contributed by atoms with Gasteiger partial charge < -0.3 is 30.1 Å². The molecule has 3 N–H and O–H groups in total. The van der Waals surface area contributed by atoms with E-state index in [4.69, 9.17) is 21.3 Å². The second kappa shape index (κ2) is 16.2. The van der Waals surface area contributed by atoms with E-state index in [-0.39, 0.29) is 12.3 Å². The number of amides is 3. The summed E-state index contributed by atoms with van der Waals surface area (Å²) >= 11 is 6.62. The molecule has 57 heavy (non-hydrogen) atoms. The summed E-state index contributed by atoms with van der Waals surface area (Å²) < 4.78 is 5.74. The van der Waals surface area contributed by atoms with Crippen molar-refractivity contribution in [3.8, 4) is 5.88 Å². The average molecular weight is 793 g/mol. The van der Waals surface area contributed by atoms with Crippen molar-refractivity contribution >= 4 is 63.6 Å². The van der Waals surface area contributed by atoms with Gasteiger partial charge in [-0.05, 0) is 61.4 Å². The third-order valence-electron chi connectivity index (χ3n) is 11.8. The zero-order valence-corrected chi connectivity index (χ0v) is 33.1. The molecule has 2 aromatic heterocycles. The minimum atomic E-state index is -0.422. The lowest BCUT2D eigenvalue weighted by Gasteiger charge is -2.39. The molecule has 0 bridgehead atoms. The third-order valence-corrected chi connectivity index (χ3v) is 12.1. The number of fused-ring (bicyclic) bond motifs is 2. The van der Waals surface area contributed by atoms with Gasteiger partial charge >= 0.3 is 6.03 Å². The molecule has 15 nitrogen and oxygen atoms in total. The number of piperazine rings is 2. The van der Waals surface area contributed by atoms with Crippen molar-refractivity contribution in [3.63, 3.8) is 0 Å². The van der Waals surface area contributed by atoms with Crippen LogP contribution in [0.25, 0.3) is 0 Å². The molecule has 2 aromatic carbocycles. The van der Waals surface area contributed by atoms with Crippen LogP contribution >= 0.6 is 11.6 Å². The molecule has 7 heterocycles. The summed E-state index contributed by atoms with van der Waals surface area (Å²) in [6.07, 6.45) is 5.04. The van der Waals surface area contributed by atoms with Crippen molar-refractivity contribution in [2.24, 2.45) is 0 Å². The average Bonchev–Trinajstić information content (AvgIpc) is 3.24. The fourth-order valence-electron chi connectivity index (χ4n) is 8.43. The first-order chi connectivity index (χ1) is 27.8. The van der Waals surface area contributed by atoms with Gasteiger partial charge in [0.05, 0.1) is 34.8 Å². The second-order valence-corrected chi connectivity index (χ2v) is 15.7. The van der Waals surface area contributed by atoms with Crippen LogP contribution in [0.2, 0.25) is 5.02 Å². The SMILES string of the molecule is Cc1c(N2CCc3cnc(Nc4ccc(N5CCN(CCN6CCN(c7ccc(N8CCC(=O)NC8=O)c(Cl)c7)CC6)CC5)cc4)nc3C2)cnc2c1NCCO2. The molecule has 298 valence electrons. The molecule has 0 unspecified atom stereocenters. The Labute approximate surface area is 337 Å². The highest BCUT2D eigenvalue weighted by atomic mass is 35.5. The van der Waals surface area contributed by atoms with Gasteiger partial charge in [-0.1, -0.05) is 11.6 Å². The van der Waals surface area contributed by atoms with E-state index in [1.54, 1.807) is 0 Å². The van der Waals surface area contributed by atoms with Gasteiger partial charge in [-0.15, -0.1) is 0 Å². The summed E-state index contributed by atoms with van der Waals surface area (Å²) in [7, 11) is 0. The molecule has 0 radical (unpaired) electrons. The number of aromatic nitrogens is 3. The number of nitrogens with one attached hydrogen (secondary N) is 3. The number of nitrogens with zero attached hydrogens (tertiary/aromatic N) is 9. The highest BCUT2D eigenvalue weighted by Gasteiger charge is 2.28. The van der Waals surface area contributed by atoms with Gasteiger partial charge in [0, 0.05) is 120 Å². The van der Waals surface area contributed by atoms with Crippen LogP contribution in [-0.4, -0.2) is 128 Å². The maximum atomic E-state index is 12.3. The number of halogens is 1. The van der Waals surface area contributed by atoms with E-state index in [9.17, 15) is 9.59 Å². The minimum Gasteiger partial charge on any atom is -0.474 e. The quantitative estimate of drug-likeness (QED) is 0.222. The number of imide groups is 1. The zero-order chi connectivity index (χ0) is 38.9. The predicted octanol–water partition coefficient (Wildman–Crippen LogP) is 4.33. The Hall–Kier alpha value is -5.38. The van der Waals surface area contributed by atoms with Crippen molar-refractivity contribution in [3.05, 3.63) is 76.7 Å². The number of pyridine rings is 1. The summed E-state index contributed by atoms with van der Waals surface area (Å²) in [4.78, 5) is 51.8. The number of rotatable bonds is 9. The normalized spacial score (nSPS) is 19.1. The molecule has 0 atom stereocenters. The first-order valence-electron chi connectivity index (χ1n) is 20.0. The predicted molar refractivity (Wildman–Crippen MR) is 224 cm³/mol. The maximum Gasteiger partial charge on any atom is 0.328 e. The topological polar surface area (TPSA) is 138 Å². The van der Waals surface area contributed by atoms with E-state index in [0.29, 0.717) is 42.2 Å². The van der Waals surface area contributed by atoms with Crippen molar-refractivity contribution in [1.82, 2.24) is 30.1 Å². The van der Waals surface area contributed by atoms with Gasteiger partial charge in [-0.2, -0.15) is 0 Å². The number of benzene rings is 2. The van der Waals surface area contributed by atoms with Gasteiger partial charge in [0.1, 0.15) is 12.3 Å². The molecular formula is C41H49ClN12O3. The van der Waals surface area contributed by atoms with E-state index < -0.39 is 6.03 Å². The molecule has 16 heteroatoms. The first kappa shape index (κ1) is 37.2. The van der Waals surface area contributed by atoms with E-state index >= 15 is 0 Å². The largest absolute Gasteiger partial charge is 0.474 e. The molecule has 0 aliphatic carbocycles. The highest BCUT2D eigenvalue weighted by Crippen LogP contribution is 2.37. The molecule has 4 aromatic rings. The molecule has 3 saturated heterocycles. The third kappa shape index (κ3) is 8.09. The Bertz CT molecular complexity index is 2120. The summed E-state index contributed by atoms with van der Waals surface area (Å²) in [5, 5.41) is 9.77. The molecule has 0 spiro atoms. The smallest absolute Gasteiger partial charge is 0.328 e. The standard InChI is InChI=1S/C41H49ClN12O3/c1-28-36(26-44-39-38(28)43-10-23-57-39)53-11-8-29-25-45-40(47-34(29)27-53)46-30-2-4-31(5-3-30)51-19-15-49(16-20-51)13-14-50-17-21-52(22-18-50)32-6-7-35(33(42)24-32)54-12-9-37(55)48-41(54)56/h2-7,24-26,43H,8-23,27H2,1H3,(H,45,46,47)(H,48,55,56). The zero-order valence-electron chi connectivity index (χ0n) is 32.3. The van der Waals surface area contributed by atoms with Crippen LogP contribution in [0.5, 0.6) is 5.88 Å². The van der Waals surface area contributed by atoms with Crippen LogP contribution in [0.3, 0.4) is 0 Å². The Morgan fingerprint density at radius 1 is 0.789 bits per heavy atom. The van der Waals surface area contributed by atoms with E-state index in [1.807, 2.05) is 30.6 Å². The Morgan fingerprint density at radius 3 is 2.23 bits per heavy atom. The lowest BCUT2D eigenvalue weighted by atomic mass is 10.0. The van der Waals surface area contributed by atoms with Crippen LogP contribution in [0, 0.1) is 6.92 Å². The van der Waals surface area contributed by atoms with Gasteiger partial charge in [0.25, 0.3) is 0 Å². The van der Waals surface area contributed by atoms with Crippen LogP contribution < -0.4 is 40.3 Å². The molecule has 9 rings (SSSR count). The maximum absolute atomic E-state index is 12.3.